The quantitative estimate of drug-likeness (QED) is 0.851. The summed E-state index contributed by atoms with van der Waals surface area (Å²) >= 11 is 3.46. The van der Waals surface area contributed by atoms with E-state index in [1.165, 1.54) is 32.1 Å². The molecule has 3 N–H and O–H groups in total. The van der Waals surface area contributed by atoms with Crippen LogP contribution in [0.4, 0.5) is 5.69 Å². The molecule has 6 heteroatoms. The van der Waals surface area contributed by atoms with Gasteiger partial charge in [-0.05, 0) is 47.5 Å². The van der Waals surface area contributed by atoms with Gasteiger partial charge in [0.05, 0.1) is 10.7 Å². The lowest BCUT2D eigenvalue weighted by molar-refractivity contribution is 0.261. The maximum Gasteiger partial charge on any atom is 0.291 e. The standard InChI is InChI=1S/C15H23BrN4O/c16-12-8-18-20(9-11-4-3-5-11)14(21)13(12)19-15(10-17)6-1-2-7-15/h8,11,19H,1-7,9-10,17H2. The third-order valence-corrected chi connectivity index (χ3v) is 5.60. The summed E-state index contributed by atoms with van der Waals surface area (Å²) in [5, 5.41) is 7.71. The van der Waals surface area contributed by atoms with Crippen LogP contribution in [-0.2, 0) is 6.54 Å². The van der Waals surface area contributed by atoms with E-state index < -0.39 is 0 Å². The molecule has 2 aliphatic carbocycles. The largest absolute Gasteiger partial charge is 0.373 e. The van der Waals surface area contributed by atoms with E-state index in [0.29, 0.717) is 18.2 Å². The Morgan fingerprint density at radius 3 is 2.67 bits per heavy atom. The minimum absolute atomic E-state index is 0.0315. The highest BCUT2D eigenvalue weighted by atomic mass is 79.9. The Kier molecular flexibility index (Phi) is 4.36. The second-order valence-electron chi connectivity index (χ2n) is 6.47. The maximum atomic E-state index is 12.7. The summed E-state index contributed by atoms with van der Waals surface area (Å²) in [6, 6.07) is 0. The predicted octanol–water partition coefficient (Wildman–Crippen LogP) is 2.49. The zero-order valence-electron chi connectivity index (χ0n) is 12.3. The Bertz CT molecular complexity index is 561. The minimum Gasteiger partial charge on any atom is -0.373 e. The van der Waals surface area contributed by atoms with Gasteiger partial charge in [0.1, 0.15) is 5.69 Å². The first-order valence-corrected chi connectivity index (χ1v) is 8.67. The van der Waals surface area contributed by atoms with Crippen molar-refractivity contribution in [3.8, 4) is 0 Å². The normalized spacial score (nSPS) is 21.2. The third kappa shape index (κ3) is 3.01. The molecule has 0 amide bonds. The zero-order chi connectivity index (χ0) is 14.9. The van der Waals surface area contributed by atoms with Crippen molar-refractivity contribution < 1.29 is 0 Å². The van der Waals surface area contributed by atoms with Crippen LogP contribution >= 0.6 is 15.9 Å². The smallest absolute Gasteiger partial charge is 0.291 e. The molecule has 0 radical (unpaired) electrons. The highest BCUT2D eigenvalue weighted by Gasteiger charge is 2.33. The predicted molar refractivity (Wildman–Crippen MR) is 87.4 cm³/mol. The molecule has 0 saturated heterocycles. The molecule has 0 bridgehead atoms. The highest BCUT2D eigenvalue weighted by Crippen LogP contribution is 2.33. The lowest BCUT2D eigenvalue weighted by Gasteiger charge is -2.30. The van der Waals surface area contributed by atoms with Crippen LogP contribution in [0.3, 0.4) is 0 Å². The van der Waals surface area contributed by atoms with Crippen LogP contribution in [0.2, 0.25) is 0 Å². The van der Waals surface area contributed by atoms with Gasteiger partial charge < -0.3 is 11.1 Å². The molecule has 0 spiro atoms. The van der Waals surface area contributed by atoms with Crippen LogP contribution < -0.4 is 16.6 Å². The lowest BCUT2D eigenvalue weighted by atomic mass is 9.85. The van der Waals surface area contributed by atoms with Gasteiger partial charge in [-0.15, -0.1) is 0 Å². The Morgan fingerprint density at radius 2 is 2.10 bits per heavy atom. The number of anilines is 1. The van der Waals surface area contributed by atoms with E-state index in [0.717, 1.165) is 23.9 Å². The molecular weight excluding hydrogens is 332 g/mol. The molecule has 116 valence electrons. The van der Waals surface area contributed by atoms with Crippen molar-refractivity contribution in [3.05, 3.63) is 21.0 Å². The summed E-state index contributed by atoms with van der Waals surface area (Å²) in [6.07, 6.45) is 9.81. The minimum atomic E-state index is -0.128. The summed E-state index contributed by atoms with van der Waals surface area (Å²) in [6.45, 7) is 1.29. The van der Waals surface area contributed by atoms with Gasteiger partial charge in [-0.1, -0.05) is 19.3 Å². The van der Waals surface area contributed by atoms with Gasteiger partial charge >= 0.3 is 0 Å². The highest BCUT2D eigenvalue weighted by molar-refractivity contribution is 9.10. The number of hydrogen-bond donors (Lipinski definition) is 2. The molecule has 0 unspecified atom stereocenters. The summed E-state index contributed by atoms with van der Waals surface area (Å²) in [5.74, 6) is 0.610. The van der Waals surface area contributed by atoms with Crippen molar-refractivity contribution in [2.75, 3.05) is 11.9 Å². The molecule has 1 aromatic heterocycles. The Hall–Kier alpha value is -0.880. The fourth-order valence-electron chi connectivity index (χ4n) is 3.33. The lowest BCUT2D eigenvalue weighted by Crippen LogP contribution is -2.45. The van der Waals surface area contributed by atoms with E-state index in [-0.39, 0.29) is 11.1 Å². The van der Waals surface area contributed by atoms with Gasteiger partial charge in [0, 0.05) is 18.6 Å². The monoisotopic (exact) mass is 354 g/mol. The second-order valence-corrected chi connectivity index (χ2v) is 7.32. The third-order valence-electron chi connectivity index (χ3n) is 5.00. The van der Waals surface area contributed by atoms with E-state index in [9.17, 15) is 4.79 Å². The summed E-state index contributed by atoms with van der Waals surface area (Å²) < 4.78 is 2.34. The van der Waals surface area contributed by atoms with Crippen molar-refractivity contribution in [1.82, 2.24) is 9.78 Å². The first-order valence-electron chi connectivity index (χ1n) is 7.87. The second kappa shape index (κ2) is 6.08. The van der Waals surface area contributed by atoms with Gasteiger partial charge in [-0.2, -0.15) is 5.10 Å². The molecule has 2 saturated carbocycles. The molecule has 2 aliphatic rings. The number of nitrogens with zero attached hydrogens (tertiary/aromatic N) is 2. The summed E-state index contributed by atoms with van der Waals surface area (Å²) in [4.78, 5) is 12.7. The van der Waals surface area contributed by atoms with Crippen LogP contribution in [0.5, 0.6) is 0 Å². The first kappa shape index (κ1) is 15.0. The number of nitrogens with two attached hydrogens (primary N) is 1. The molecule has 2 fully saturated rings. The fraction of sp³-hybridized carbons (Fsp3) is 0.733. The zero-order valence-corrected chi connectivity index (χ0v) is 13.9. The molecular formula is C15H23BrN4O. The Labute approximate surface area is 133 Å². The van der Waals surface area contributed by atoms with Crippen LogP contribution in [0.15, 0.2) is 15.5 Å². The van der Waals surface area contributed by atoms with Crippen molar-refractivity contribution >= 4 is 21.6 Å². The van der Waals surface area contributed by atoms with Gasteiger partial charge in [0.25, 0.3) is 5.56 Å². The average Bonchev–Trinajstić information content (AvgIpc) is 2.90. The molecule has 0 aliphatic heterocycles. The fourth-order valence-corrected chi connectivity index (χ4v) is 3.69. The van der Waals surface area contributed by atoms with Crippen LogP contribution in [0.1, 0.15) is 44.9 Å². The molecule has 0 aromatic carbocycles. The number of aromatic nitrogens is 2. The molecule has 21 heavy (non-hydrogen) atoms. The van der Waals surface area contributed by atoms with Gasteiger partial charge in [0.2, 0.25) is 0 Å². The van der Waals surface area contributed by atoms with Crippen LogP contribution in [0, 0.1) is 5.92 Å². The van der Waals surface area contributed by atoms with Crippen molar-refractivity contribution in [2.45, 2.75) is 57.0 Å². The van der Waals surface area contributed by atoms with Crippen LogP contribution in [-0.4, -0.2) is 21.9 Å². The van der Waals surface area contributed by atoms with E-state index in [1.54, 1.807) is 10.9 Å². The number of rotatable bonds is 5. The molecule has 5 nitrogen and oxygen atoms in total. The Morgan fingerprint density at radius 1 is 1.38 bits per heavy atom. The number of hydrogen-bond acceptors (Lipinski definition) is 4. The van der Waals surface area contributed by atoms with Gasteiger partial charge in [-0.25, -0.2) is 4.68 Å². The van der Waals surface area contributed by atoms with Crippen LogP contribution in [0.25, 0.3) is 0 Å². The molecule has 3 rings (SSSR count). The van der Waals surface area contributed by atoms with Crippen molar-refractivity contribution in [3.63, 3.8) is 0 Å². The van der Waals surface area contributed by atoms with Gasteiger partial charge in [0.15, 0.2) is 0 Å². The van der Waals surface area contributed by atoms with E-state index >= 15 is 0 Å². The van der Waals surface area contributed by atoms with Crippen molar-refractivity contribution in [2.24, 2.45) is 11.7 Å². The number of nitrogens with one attached hydrogen (secondary N) is 1. The van der Waals surface area contributed by atoms with E-state index in [2.05, 4.69) is 26.3 Å². The van der Waals surface area contributed by atoms with Gasteiger partial charge in [-0.3, -0.25) is 4.79 Å². The topological polar surface area (TPSA) is 72.9 Å². The Balaban J connectivity index is 1.86. The SMILES string of the molecule is NCC1(Nc2c(Br)cnn(CC3CCC3)c2=O)CCCC1. The van der Waals surface area contributed by atoms with E-state index in [4.69, 9.17) is 5.73 Å². The molecule has 0 atom stereocenters. The average molecular weight is 355 g/mol. The molecule has 1 heterocycles. The molecule has 1 aromatic rings. The first-order chi connectivity index (χ1) is 10.1. The number of halogens is 1. The summed E-state index contributed by atoms with van der Waals surface area (Å²) in [7, 11) is 0. The van der Waals surface area contributed by atoms with E-state index in [1.807, 2.05) is 0 Å². The summed E-state index contributed by atoms with van der Waals surface area (Å²) in [5.41, 5.74) is 6.43. The maximum absolute atomic E-state index is 12.7. The van der Waals surface area contributed by atoms with Crippen molar-refractivity contribution in [1.29, 1.82) is 0 Å².